The number of ether oxygens (including phenoxy) is 1. The number of hydrogen-bond donors (Lipinski definition) is 1. The van der Waals surface area contributed by atoms with Crippen molar-refractivity contribution < 1.29 is 9.53 Å². The van der Waals surface area contributed by atoms with Crippen molar-refractivity contribution in [3.05, 3.63) is 29.8 Å². The van der Waals surface area contributed by atoms with Gasteiger partial charge in [0.05, 0.1) is 13.2 Å². The van der Waals surface area contributed by atoms with Crippen molar-refractivity contribution in [2.75, 3.05) is 20.2 Å². The highest BCUT2D eigenvalue weighted by molar-refractivity contribution is 5.78. The number of rotatable bonds is 8. The van der Waals surface area contributed by atoms with E-state index in [1.54, 1.807) is 4.90 Å². The lowest BCUT2D eigenvalue weighted by molar-refractivity contribution is -0.129. The van der Waals surface area contributed by atoms with Crippen LogP contribution in [0, 0.1) is 0 Å². The first-order valence-electron chi connectivity index (χ1n) is 7.25. The topological polar surface area (TPSA) is 41.6 Å². The normalized spacial score (nSPS) is 12.0. The summed E-state index contributed by atoms with van der Waals surface area (Å²) < 4.78 is 5.40. The maximum atomic E-state index is 12.0. The standard InChI is InChI=1S/C16H26N2O2/c1-5-13(3)17-11-16(19)18(4)12-14-7-9-15(10-8-14)20-6-2/h7-10,13,17H,5-6,11-12H2,1-4H3. The molecule has 1 rings (SSSR count). The third-order valence-corrected chi connectivity index (χ3v) is 3.29. The van der Waals surface area contributed by atoms with Crippen LogP contribution in [0.1, 0.15) is 32.8 Å². The molecule has 0 saturated carbocycles. The SMILES string of the molecule is CCOc1ccc(CN(C)C(=O)CNC(C)CC)cc1. The smallest absolute Gasteiger partial charge is 0.236 e. The second-order valence-corrected chi connectivity index (χ2v) is 5.02. The third kappa shape index (κ3) is 5.61. The molecule has 1 N–H and O–H groups in total. The Morgan fingerprint density at radius 3 is 2.50 bits per heavy atom. The maximum absolute atomic E-state index is 12.0. The minimum absolute atomic E-state index is 0.110. The van der Waals surface area contributed by atoms with Gasteiger partial charge in [-0.3, -0.25) is 4.79 Å². The zero-order valence-corrected chi connectivity index (χ0v) is 13.0. The van der Waals surface area contributed by atoms with Gasteiger partial charge in [-0.25, -0.2) is 0 Å². The lowest BCUT2D eigenvalue weighted by atomic mass is 10.2. The summed E-state index contributed by atoms with van der Waals surface area (Å²) in [5.41, 5.74) is 1.10. The molecule has 112 valence electrons. The molecular formula is C16H26N2O2. The molecule has 0 saturated heterocycles. The molecule has 0 radical (unpaired) electrons. The van der Waals surface area contributed by atoms with Crippen molar-refractivity contribution in [1.29, 1.82) is 0 Å². The summed E-state index contributed by atoms with van der Waals surface area (Å²) in [6, 6.07) is 8.24. The van der Waals surface area contributed by atoms with Crippen LogP contribution in [0.15, 0.2) is 24.3 Å². The van der Waals surface area contributed by atoms with Gasteiger partial charge in [0.1, 0.15) is 5.75 Å². The van der Waals surface area contributed by atoms with Gasteiger partial charge in [-0.1, -0.05) is 19.1 Å². The van der Waals surface area contributed by atoms with Gasteiger partial charge in [-0.15, -0.1) is 0 Å². The van der Waals surface area contributed by atoms with Crippen LogP contribution in [0.2, 0.25) is 0 Å². The average Bonchev–Trinajstić information content (AvgIpc) is 2.46. The minimum Gasteiger partial charge on any atom is -0.494 e. The lowest BCUT2D eigenvalue weighted by Crippen LogP contribution is -2.38. The predicted octanol–water partition coefficient (Wildman–Crippen LogP) is 2.43. The zero-order chi connectivity index (χ0) is 15.0. The Morgan fingerprint density at radius 1 is 1.30 bits per heavy atom. The summed E-state index contributed by atoms with van der Waals surface area (Å²) in [5, 5.41) is 3.21. The first-order valence-corrected chi connectivity index (χ1v) is 7.25. The number of nitrogens with one attached hydrogen (secondary N) is 1. The molecular weight excluding hydrogens is 252 g/mol. The van der Waals surface area contributed by atoms with E-state index in [1.807, 2.05) is 38.2 Å². The summed E-state index contributed by atoms with van der Waals surface area (Å²) in [5.74, 6) is 0.975. The van der Waals surface area contributed by atoms with Crippen molar-refractivity contribution in [3.8, 4) is 5.75 Å². The molecule has 0 aliphatic heterocycles. The van der Waals surface area contributed by atoms with Crippen molar-refractivity contribution >= 4 is 5.91 Å². The zero-order valence-electron chi connectivity index (χ0n) is 13.0. The molecule has 0 aliphatic carbocycles. The highest BCUT2D eigenvalue weighted by Gasteiger charge is 2.10. The molecule has 1 amide bonds. The molecule has 1 unspecified atom stereocenters. The molecule has 0 aromatic heterocycles. The van der Waals surface area contributed by atoms with Crippen LogP contribution in [0.25, 0.3) is 0 Å². The van der Waals surface area contributed by atoms with E-state index >= 15 is 0 Å². The molecule has 1 atom stereocenters. The van der Waals surface area contributed by atoms with Crippen LogP contribution < -0.4 is 10.1 Å². The maximum Gasteiger partial charge on any atom is 0.236 e. The van der Waals surface area contributed by atoms with Gasteiger partial charge in [-0.05, 0) is 38.0 Å². The second kappa shape index (κ2) is 8.59. The van der Waals surface area contributed by atoms with Crippen LogP contribution in [0.3, 0.4) is 0 Å². The van der Waals surface area contributed by atoms with E-state index in [2.05, 4.69) is 19.2 Å². The Bertz CT molecular complexity index is 403. The number of carbonyl (C=O) groups excluding carboxylic acids is 1. The second-order valence-electron chi connectivity index (χ2n) is 5.02. The highest BCUT2D eigenvalue weighted by Crippen LogP contribution is 2.13. The fourth-order valence-electron chi connectivity index (χ4n) is 1.76. The Morgan fingerprint density at radius 2 is 1.95 bits per heavy atom. The molecule has 4 nitrogen and oxygen atoms in total. The number of nitrogens with zero attached hydrogens (tertiary/aromatic N) is 1. The lowest BCUT2D eigenvalue weighted by Gasteiger charge is -2.19. The summed E-state index contributed by atoms with van der Waals surface area (Å²) in [4.78, 5) is 13.7. The molecule has 0 bridgehead atoms. The van der Waals surface area contributed by atoms with E-state index < -0.39 is 0 Å². The van der Waals surface area contributed by atoms with E-state index in [1.165, 1.54) is 0 Å². The van der Waals surface area contributed by atoms with Crippen LogP contribution in [0.5, 0.6) is 5.75 Å². The van der Waals surface area contributed by atoms with E-state index in [-0.39, 0.29) is 5.91 Å². The quantitative estimate of drug-likeness (QED) is 0.794. The van der Waals surface area contributed by atoms with Gasteiger partial charge in [0.25, 0.3) is 0 Å². The Balaban J connectivity index is 2.44. The first kappa shape index (κ1) is 16.5. The first-order chi connectivity index (χ1) is 9.56. The number of carbonyl (C=O) groups is 1. The van der Waals surface area contributed by atoms with Crippen molar-refractivity contribution in [2.24, 2.45) is 0 Å². The Hall–Kier alpha value is -1.55. The monoisotopic (exact) mass is 278 g/mol. The van der Waals surface area contributed by atoms with E-state index in [4.69, 9.17) is 4.74 Å². The van der Waals surface area contributed by atoms with Gasteiger partial charge in [-0.2, -0.15) is 0 Å². The largest absolute Gasteiger partial charge is 0.494 e. The molecule has 1 aromatic rings. The summed E-state index contributed by atoms with van der Waals surface area (Å²) in [6.07, 6.45) is 1.02. The van der Waals surface area contributed by atoms with Crippen molar-refractivity contribution in [1.82, 2.24) is 10.2 Å². The number of benzene rings is 1. The average molecular weight is 278 g/mol. The third-order valence-electron chi connectivity index (χ3n) is 3.29. The predicted molar refractivity (Wildman–Crippen MR) is 81.8 cm³/mol. The Labute approximate surface area is 122 Å². The molecule has 4 heteroatoms. The summed E-state index contributed by atoms with van der Waals surface area (Å²) >= 11 is 0. The van der Waals surface area contributed by atoms with Crippen molar-refractivity contribution in [2.45, 2.75) is 39.8 Å². The van der Waals surface area contributed by atoms with Crippen LogP contribution in [0.4, 0.5) is 0 Å². The highest BCUT2D eigenvalue weighted by atomic mass is 16.5. The number of likely N-dealkylation sites (N-methyl/N-ethyl adjacent to an activating group) is 1. The summed E-state index contributed by atoms with van der Waals surface area (Å²) in [7, 11) is 1.83. The minimum atomic E-state index is 0.110. The molecule has 1 aromatic carbocycles. The van der Waals surface area contributed by atoms with Gasteiger partial charge < -0.3 is 15.0 Å². The van der Waals surface area contributed by atoms with E-state index in [9.17, 15) is 4.79 Å². The molecule has 0 spiro atoms. The molecule has 0 fully saturated rings. The molecule has 20 heavy (non-hydrogen) atoms. The van der Waals surface area contributed by atoms with E-state index in [0.29, 0.717) is 25.7 Å². The molecule has 0 heterocycles. The number of hydrogen-bond acceptors (Lipinski definition) is 3. The van der Waals surface area contributed by atoms with Crippen LogP contribution in [-0.2, 0) is 11.3 Å². The van der Waals surface area contributed by atoms with Crippen molar-refractivity contribution in [3.63, 3.8) is 0 Å². The number of amides is 1. The Kier molecular flexibility index (Phi) is 7.09. The fourth-order valence-corrected chi connectivity index (χ4v) is 1.76. The van der Waals surface area contributed by atoms with E-state index in [0.717, 1.165) is 17.7 Å². The van der Waals surface area contributed by atoms with Gasteiger partial charge in [0.15, 0.2) is 0 Å². The van der Waals surface area contributed by atoms with Gasteiger partial charge in [0, 0.05) is 19.6 Å². The van der Waals surface area contributed by atoms with Gasteiger partial charge >= 0.3 is 0 Å². The molecule has 0 aliphatic rings. The summed E-state index contributed by atoms with van der Waals surface area (Å²) in [6.45, 7) is 7.82. The van der Waals surface area contributed by atoms with Gasteiger partial charge in [0.2, 0.25) is 5.91 Å². The fraction of sp³-hybridized carbons (Fsp3) is 0.562. The van der Waals surface area contributed by atoms with Crippen LogP contribution in [-0.4, -0.2) is 37.0 Å². The van der Waals surface area contributed by atoms with Crippen LogP contribution >= 0.6 is 0 Å².